The van der Waals surface area contributed by atoms with Crippen LogP contribution in [0.5, 0.6) is 5.75 Å². The Balaban J connectivity index is 1.73. The predicted octanol–water partition coefficient (Wildman–Crippen LogP) is 3.22. The van der Waals surface area contributed by atoms with Crippen molar-refractivity contribution in [3.8, 4) is 5.75 Å². The summed E-state index contributed by atoms with van der Waals surface area (Å²) >= 11 is 5.99. The number of halogens is 3. The summed E-state index contributed by atoms with van der Waals surface area (Å²) < 4.78 is 33.0. The molecule has 5 nitrogen and oxygen atoms in total. The van der Waals surface area contributed by atoms with Crippen LogP contribution in [0, 0.1) is 11.6 Å². The van der Waals surface area contributed by atoms with Crippen molar-refractivity contribution in [3.63, 3.8) is 0 Å². The summed E-state index contributed by atoms with van der Waals surface area (Å²) in [6.45, 7) is 0.733. The monoisotopic (exact) mass is 381 g/mol. The third-order valence-corrected chi connectivity index (χ3v) is 4.67. The molecule has 0 bridgehead atoms. The number of hydrogen-bond donors (Lipinski definition) is 2. The van der Waals surface area contributed by atoms with Crippen LogP contribution < -0.4 is 20.7 Å². The average Bonchev–Trinajstić information content (AvgIpc) is 3.04. The van der Waals surface area contributed by atoms with Crippen molar-refractivity contribution in [2.24, 2.45) is 0 Å². The highest BCUT2D eigenvalue weighted by molar-refractivity contribution is 6.33. The van der Waals surface area contributed by atoms with Crippen LogP contribution in [-0.4, -0.2) is 32.1 Å². The summed E-state index contributed by atoms with van der Waals surface area (Å²) in [7, 11) is 1.43. The molecule has 1 saturated heterocycles. The van der Waals surface area contributed by atoms with E-state index < -0.39 is 11.6 Å². The Hall–Kier alpha value is -2.54. The van der Waals surface area contributed by atoms with Crippen molar-refractivity contribution >= 4 is 28.9 Å². The first-order chi connectivity index (χ1) is 12.4. The molecule has 1 aliphatic rings. The summed E-state index contributed by atoms with van der Waals surface area (Å²) in [5.41, 5.74) is 6.21. The predicted molar refractivity (Wildman–Crippen MR) is 96.9 cm³/mol. The summed E-state index contributed by atoms with van der Waals surface area (Å²) in [6, 6.07) is 6.40. The fourth-order valence-electron chi connectivity index (χ4n) is 3.05. The number of benzene rings is 2. The van der Waals surface area contributed by atoms with Gasteiger partial charge < -0.3 is 20.7 Å². The number of methoxy groups -OCH3 is 1. The highest BCUT2D eigenvalue weighted by atomic mass is 35.5. The number of hydrogen-bond acceptors (Lipinski definition) is 4. The van der Waals surface area contributed by atoms with Crippen LogP contribution in [0.4, 0.5) is 20.2 Å². The van der Waals surface area contributed by atoms with E-state index in [1.165, 1.54) is 37.4 Å². The smallest absolute Gasteiger partial charge is 0.255 e. The van der Waals surface area contributed by atoms with Crippen LogP contribution >= 0.6 is 11.6 Å². The maximum Gasteiger partial charge on any atom is 0.255 e. The number of carbonyl (C=O) groups excluding carboxylic acids is 1. The second-order valence-electron chi connectivity index (χ2n) is 6.05. The zero-order valence-electron chi connectivity index (χ0n) is 14.1. The molecule has 138 valence electrons. The maximum atomic E-state index is 13.9. The Morgan fingerprint density at radius 1 is 1.35 bits per heavy atom. The summed E-state index contributed by atoms with van der Waals surface area (Å²) in [6.07, 6.45) is 0.560. The van der Waals surface area contributed by atoms with E-state index >= 15 is 0 Å². The number of nitrogen functional groups attached to an aromatic ring is 1. The Bertz CT molecular complexity index is 827. The Kier molecular flexibility index (Phi) is 5.18. The molecule has 0 aromatic heterocycles. The number of nitrogens with one attached hydrogen (secondary N) is 1. The van der Waals surface area contributed by atoms with Gasteiger partial charge in [0, 0.05) is 25.2 Å². The van der Waals surface area contributed by atoms with Gasteiger partial charge in [0.15, 0.2) is 0 Å². The van der Waals surface area contributed by atoms with Gasteiger partial charge in [-0.1, -0.05) is 17.7 Å². The van der Waals surface area contributed by atoms with Gasteiger partial charge >= 0.3 is 0 Å². The molecular weight excluding hydrogens is 364 g/mol. The van der Waals surface area contributed by atoms with E-state index in [1.54, 1.807) is 4.90 Å². The SMILES string of the molecule is COc1cc(N)c(Cl)cc1C(=O)NC1CCN(c2c(F)cccc2F)C1. The number of carbonyl (C=O) groups is 1. The molecule has 3 N–H and O–H groups in total. The van der Waals surface area contributed by atoms with Crippen LogP contribution in [0.1, 0.15) is 16.8 Å². The minimum Gasteiger partial charge on any atom is -0.496 e. The largest absolute Gasteiger partial charge is 0.496 e. The molecule has 1 heterocycles. The van der Waals surface area contributed by atoms with Crippen molar-refractivity contribution in [1.82, 2.24) is 5.32 Å². The Morgan fingerprint density at radius 3 is 2.69 bits per heavy atom. The van der Waals surface area contributed by atoms with E-state index in [2.05, 4.69) is 5.32 Å². The fraction of sp³-hybridized carbons (Fsp3) is 0.278. The average molecular weight is 382 g/mol. The normalized spacial score (nSPS) is 16.6. The Morgan fingerprint density at radius 2 is 2.04 bits per heavy atom. The lowest BCUT2D eigenvalue weighted by Gasteiger charge is -2.20. The number of ether oxygens (including phenoxy) is 1. The van der Waals surface area contributed by atoms with Gasteiger partial charge in [0.1, 0.15) is 23.1 Å². The molecule has 1 unspecified atom stereocenters. The van der Waals surface area contributed by atoms with Gasteiger partial charge in [-0.3, -0.25) is 4.79 Å². The summed E-state index contributed by atoms with van der Waals surface area (Å²) in [5.74, 6) is -1.32. The molecular formula is C18H18ClF2N3O2. The van der Waals surface area contributed by atoms with Gasteiger partial charge in [0.2, 0.25) is 0 Å². The minimum absolute atomic E-state index is 0.0719. The third-order valence-electron chi connectivity index (χ3n) is 4.34. The second-order valence-corrected chi connectivity index (χ2v) is 6.46. The van der Waals surface area contributed by atoms with E-state index in [1.807, 2.05) is 0 Å². The molecule has 0 spiro atoms. The highest BCUT2D eigenvalue weighted by Crippen LogP contribution is 2.30. The zero-order valence-corrected chi connectivity index (χ0v) is 14.8. The Labute approximate surface area is 154 Å². The van der Waals surface area contributed by atoms with Crippen LogP contribution in [-0.2, 0) is 0 Å². The molecule has 2 aromatic rings. The van der Waals surface area contributed by atoms with Gasteiger partial charge in [-0.15, -0.1) is 0 Å². The van der Waals surface area contributed by atoms with Crippen molar-refractivity contribution < 1.29 is 18.3 Å². The molecule has 1 amide bonds. The number of anilines is 2. The van der Waals surface area contributed by atoms with E-state index in [9.17, 15) is 13.6 Å². The quantitative estimate of drug-likeness (QED) is 0.798. The number of amides is 1. The van der Waals surface area contributed by atoms with Gasteiger partial charge in [-0.05, 0) is 24.6 Å². The van der Waals surface area contributed by atoms with E-state index in [-0.39, 0.29) is 28.2 Å². The summed E-state index contributed by atoms with van der Waals surface area (Å²) in [5, 5.41) is 3.10. The van der Waals surface area contributed by atoms with Gasteiger partial charge in [0.25, 0.3) is 5.91 Å². The lowest BCUT2D eigenvalue weighted by atomic mass is 10.1. The standard InChI is InChI=1S/C18H18ClF2N3O2/c1-26-16-8-15(22)12(19)7-11(16)18(25)23-10-5-6-24(9-10)17-13(20)3-2-4-14(17)21/h2-4,7-8,10H,5-6,9,22H2,1H3,(H,23,25). The second kappa shape index (κ2) is 7.37. The first-order valence-electron chi connectivity index (χ1n) is 8.03. The molecule has 1 atom stereocenters. The molecule has 2 aromatic carbocycles. The topological polar surface area (TPSA) is 67.6 Å². The lowest BCUT2D eigenvalue weighted by Crippen LogP contribution is -2.37. The van der Waals surface area contributed by atoms with E-state index in [4.69, 9.17) is 22.1 Å². The molecule has 0 saturated carbocycles. The first-order valence-corrected chi connectivity index (χ1v) is 8.41. The molecule has 1 fully saturated rings. The van der Waals surface area contributed by atoms with Crippen molar-refractivity contribution in [2.75, 3.05) is 30.8 Å². The lowest BCUT2D eigenvalue weighted by molar-refractivity contribution is 0.0937. The van der Waals surface area contributed by atoms with Crippen LogP contribution in [0.25, 0.3) is 0 Å². The van der Waals surface area contributed by atoms with Crippen LogP contribution in [0.15, 0.2) is 30.3 Å². The maximum absolute atomic E-state index is 13.9. The van der Waals surface area contributed by atoms with Crippen molar-refractivity contribution in [2.45, 2.75) is 12.5 Å². The van der Waals surface area contributed by atoms with Crippen molar-refractivity contribution in [3.05, 3.63) is 52.6 Å². The molecule has 8 heteroatoms. The van der Waals surface area contributed by atoms with Crippen LogP contribution in [0.3, 0.4) is 0 Å². The highest BCUT2D eigenvalue weighted by Gasteiger charge is 2.28. The molecule has 3 rings (SSSR count). The zero-order chi connectivity index (χ0) is 18.8. The van der Waals surface area contributed by atoms with E-state index in [0.29, 0.717) is 30.9 Å². The van der Waals surface area contributed by atoms with Gasteiger partial charge in [-0.2, -0.15) is 0 Å². The van der Waals surface area contributed by atoms with Gasteiger partial charge in [0.05, 0.1) is 23.4 Å². The van der Waals surface area contributed by atoms with Crippen molar-refractivity contribution in [1.29, 1.82) is 0 Å². The summed E-state index contributed by atoms with van der Waals surface area (Å²) in [4.78, 5) is 14.1. The molecule has 1 aliphatic heterocycles. The molecule has 26 heavy (non-hydrogen) atoms. The fourth-order valence-corrected chi connectivity index (χ4v) is 3.21. The molecule has 0 aliphatic carbocycles. The third kappa shape index (κ3) is 3.53. The number of para-hydroxylation sites is 1. The van der Waals surface area contributed by atoms with E-state index in [0.717, 1.165) is 0 Å². The first kappa shape index (κ1) is 18.3. The minimum atomic E-state index is -0.621. The number of rotatable bonds is 4. The number of nitrogens with two attached hydrogens (primary N) is 1. The molecule has 0 radical (unpaired) electrons. The van der Waals surface area contributed by atoms with Crippen LogP contribution in [0.2, 0.25) is 5.02 Å². The van der Waals surface area contributed by atoms with Gasteiger partial charge in [-0.25, -0.2) is 8.78 Å². The number of nitrogens with zero attached hydrogens (tertiary/aromatic N) is 1.